The van der Waals surface area contributed by atoms with Gasteiger partial charge in [-0.05, 0) is 343 Å². The summed E-state index contributed by atoms with van der Waals surface area (Å²) in [5, 5.41) is 7.00. The van der Waals surface area contributed by atoms with Crippen molar-refractivity contribution in [2.75, 3.05) is 0 Å². The second-order valence-electron chi connectivity index (χ2n) is 39.2. The first-order valence-corrected chi connectivity index (χ1v) is 49.8. The molecule has 6 heterocycles. The van der Waals surface area contributed by atoms with E-state index >= 15 is 0 Å². The van der Waals surface area contributed by atoms with Crippen LogP contribution in [0.25, 0.3) is 269 Å². The van der Waals surface area contributed by atoms with Gasteiger partial charge in [0.1, 0.15) is 0 Å². The van der Waals surface area contributed by atoms with Crippen LogP contribution in [0.1, 0.15) is 100 Å². The third-order valence-electron chi connectivity index (χ3n) is 31.7. The van der Waals surface area contributed by atoms with E-state index in [0.717, 1.165) is 200 Å². The molecule has 0 atom stereocenters. The Morgan fingerprint density at radius 1 is 0.118 bits per heavy atom. The van der Waals surface area contributed by atoms with Crippen LogP contribution in [0.15, 0.2) is 438 Å². The summed E-state index contributed by atoms with van der Waals surface area (Å²) in [6.07, 6.45) is 27.9. The lowest BCUT2D eigenvalue weighted by molar-refractivity contribution is 1.47. The lowest BCUT2D eigenvalue weighted by Gasteiger charge is -2.30. The molecule has 0 saturated carbocycles. The molecule has 0 saturated heterocycles. The van der Waals surface area contributed by atoms with Crippen LogP contribution in [0, 0.1) is 0 Å². The van der Waals surface area contributed by atoms with Crippen LogP contribution in [0.4, 0.5) is 0 Å². The quantitative estimate of drug-likeness (QED) is 0.0703. The molecule has 19 aromatic carbocycles. The minimum absolute atomic E-state index is 1.07. The van der Waals surface area contributed by atoms with Crippen LogP contribution in [-0.2, 0) is 0 Å². The fraction of sp³-hybridized carbons (Fsp3) is 0. The third kappa shape index (κ3) is 12.1. The average Bonchev–Trinajstić information content (AvgIpc) is 1.25. The van der Waals surface area contributed by atoms with E-state index in [4.69, 9.17) is 0 Å². The maximum atomic E-state index is 3.70. The van der Waals surface area contributed by atoms with Crippen LogP contribution in [0.5, 0.6) is 0 Å². The number of para-hydroxylation sites is 6. The Labute approximate surface area is 830 Å². The molecule has 6 nitrogen and oxygen atoms in total. The molecule has 31 rings (SSSR count). The van der Waals surface area contributed by atoms with Gasteiger partial charge in [-0.3, -0.25) is 0 Å². The van der Waals surface area contributed by atoms with Crippen LogP contribution in [0.3, 0.4) is 0 Å². The highest BCUT2D eigenvalue weighted by atomic mass is 14.7. The molecule has 6 heteroatoms. The van der Waals surface area contributed by atoms with Crippen molar-refractivity contribution in [1.82, 2.24) is 29.9 Å². The van der Waals surface area contributed by atoms with Crippen LogP contribution in [-0.4, -0.2) is 29.9 Å². The van der Waals surface area contributed by atoms with Gasteiger partial charge in [0.2, 0.25) is 0 Å². The predicted molar refractivity (Wildman–Crippen MR) is 603 cm³/mol. The molecule has 0 fully saturated rings. The number of fused-ring (bicyclic) bond motifs is 24. The molecule has 6 aliphatic carbocycles. The molecule has 0 radical (unpaired) electrons. The number of aromatic amines is 6. The largest absolute Gasteiger partial charge is 0.361 e. The highest BCUT2D eigenvalue weighted by Crippen LogP contribution is 2.63. The standard InChI is InChI=1S/C138H84N6/c1-7-37-103-97(31-1)109-55-49-79(61-115(109)121(103)67-85-73-139-127-43-19-13-25-91(85)127)133-134(80-50-56-110-98-32-2-8-38-104(98)122(116(110)62-80)68-86-74-140-128-44-20-14-26-92(86)128)136(82-52-58-112-100-34-4-10-40-106(100)124(118(112)64-82)70-88-76-142-130-46-22-16-28-94(88)130)138(84-54-60-114-102-36-6-12-42-108(102)126(120(114)66-84)72-90-78-144-132-48-24-18-30-96(90)132)137(83-53-59-113-101-35-5-11-41-107(101)125(119(113)65-83)71-89-77-143-131-47-23-17-29-95(89)131)135(133)81-51-57-111-99-33-3-9-39-105(99)123(117(111)63-81)69-87-75-141-129-45-21-15-27-93(87)129/h1-78,139-144H/b121-67+,122-68+,123-69+,124-70+,125-71+,126-72+. The molecule has 6 N–H and O–H groups in total. The topological polar surface area (TPSA) is 94.7 Å². The molecule has 0 spiro atoms. The summed E-state index contributed by atoms with van der Waals surface area (Å²) in [6, 6.07) is 152. The Balaban J connectivity index is 0.796. The third-order valence-corrected chi connectivity index (χ3v) is 31.7. The van der Waals surface area contributed by atoms with E-state index in [1.807, 2.05) is 0 Å². The summed E-state index contributed by atoms with van der Waals surface area (Å²) >= 11 is 0. The Kier molecular flexibility index (Phi) is 17.3. The highest BCUT2D eigenvalue weighted by Gasteiger charge is 2.39. The number of H-pyrrole nitrogens is 6. The Morgan fingerprint density at radius 3 is 0.410 bits per heavy atom. The van der Waals surface area contributed by atoms with Gasteiger partial charge >= 0.3 is 0 Å². The van der Waals surface area contributed by atoms with Crippen molar-refractivity contribution in [3.05, 3.63) is 538 Å². The zero-order valence-electron chi connectivity index (χ0n) is 78.0. The zero-order chi connectivity index (χ0) is 94.0. The number of hydrogen-bond acceptors (Lipinski definition) is 0. The lowest BCUT2D eigenvalue weighted by Crippen LogP contribution is -2.04. The molecule has 0 amide bonds. The SMILES string of the molecule is C(=C1/c2ccccc2-c2ccc(-c3c(-c4ccc5c(c4)/C(=C/c4c[nH]c6ccccc46)c4ccccc4-5)c(-c4ccc5c(c4)/C(=C/c4c[nH]c6ccccc46)c4ccccc4-5)c(-c4ccc5c(c4)/C(=C/c4c[nH]c6ccccc46)c4ccccc4-5)c(-c4ccc5c(c4)/C(=C/c4c[nH]c6ccccc46)c4ccccc4-5)c3-c3ccc4c(c3)/C(=C/c3c[nH]c5ccccc35)c3ccccc3-4)cc21)/c1c[nH]c2ccccc12. The highest BCUT2D eigenvalue weighted by molar-refractivity contribution is 6.23. The normalized spacial score (nSPS) is 14.8. The summed E-state index contributed by atoms with van der Waals surface area (Å²) < 4.78 is 0. The molecule has 25 aromatic rings. The smallest absolute Gasteiger partial charge is 0.0460 e. The fourth-order valence-electron chi connectivity index (χ4n) is 25.2. The fourth-order valence-corrected chi connectivity index (χ4v) is 25.2. The summed E-state index contributed by atoms with van der Waals surface area (Å²) in [7, 11) is 0. The Hall–Kier alpha value is -19.1. The average molecular weight is 1830 g/mol. The first-order chi connectivity index (χ1) is 71.4. The van der Waals surface area contributed by atoms with Gasteiger partial charge in [0.05, 0.1) is 0 Å². The van der Waals surface area contributed by atoms with Crippen molar-refractivity contribution in [2.45, 2.75) is 0 Å². The van der Waals surface area contributed by atoms with Gasteiger partial charge in [0, 0.05) is 136 Å². The van der Waals surface area contributed by atoms with E-state index in [1.165, 1.54) is 132 Å². The van der Waals surface area contributed by atoms with E-state index in [0.29, 0.717) is 0 Å². The number of hydrogen-bond donors (Lipinski definition) is 6. The van der Waals surface area contributed by atoms with E-state index in [2.05, 4.69) is 504 Å². The first-order valence-electron chi connectivity index (χ1n) is 49.8. The number of benzene rings is 19. The first kappa shape index (κ1) is 79.9. The molecule has 666 valence electrons. The molecule has 0 unspecified atom stereocenters. The van der Waals surface area contributed by atoms with Crippen LogP contribution in [0.2, 0.25) is 0 Å². The summed E-state index contributed by atoms with van der Waals surface area (Å²) in [5.41, 5.74) is 61.6. The lowest BCUT2D eigenvalue weighted by atomic mass is 9.72. The van der Waals surface area contributed by atoms with Crippen molar-refractivity contribution >= 4 is 135 Å². The zero-order valence-corrected chi connectivity index (χ0v) is 78.0. The Bertz CT molecular complexity index is 8660. The van der Waals surface area contributed by atoms with Gasteiger partial charge in [-0.25, -0.2) is 0 Å². The van der Waals surface area contributed by atoms with Crippen molar-refractivity contribution in [1.29, 1.82) is 0 Å². The maximum absolute atomic E-state index is 3.70. The van der Waals surface area contributed by atoms with Gasteiger partial charge in [0.25, 0.3) is 0 Å². The summed E-state index contributed by atoms with van der Waals surface area (Å²) in [6.45, 7) is 0. The monoisotopic (exact) mass is 1820 g/mol. The maximum Gasteiger partial charge on any atom is 0.0460 e. The minimum Gasteiger partial charge on any atom is -0.361 e. The molecular formula is C138H84N6. The van der Waals surface area contributed by atoms with Gasteiger partial charge in [-0.15, -0.1) is 0 Å². The van der Waals surface area contributed by atoms with E-state index in [-0.39, 0.29) is 0 Å². The summed E-state index contributed by atoms with van der Waals surface area (Å²) in [5.74, 6) is 0. The van der Waals surface area contributed by atoms with Gasteiger partial charge in [0.15, 0.2) is 0 Å². The van der Waals surface area contributed by atoms with Gasteiger partial charge in [-0.2, -0.15) is 0 Å². The van der Waals surface area contributed by atoms with Crippen LogP contribution >= 0.6 is 0 Å². The number of nitrogens with one attached hydrogen (secondary N) is 6. The number of rotatable bonds is 12. The molecule has 144 heavy (non-hydrogen) atoms. The molecular weight excluding hydrogens is 1740 g/mol. The Morgan fingerprint density at radius 2 is 0.250 bits per heavy atom. The van der Waals surface area contributed by atoms with E-state index in [9.17, 15) is 0 Å². The molecule has 6 aliphatic rings. The predicted octanol–water partition coefficient (Wildman–Crippen LogP) is 36.0. The van der Waals surface area contributed by atoms with Crippen LogP contribution < -0.4 is 0 Å². The van der Waals surface area contributed by atoms with E-state index < -0.39 is 0 Å². The molecule has 6 aromatic heterocycles. The second kappa shape index (κ2) is 31.2. The van der Waals surface area contributed by atoms with E-state index in [1.54, 1.807) is 0 Å². The minimum atomic E-state index is 1.07. The van der Waals surface area contributed by atoms with Crippen molar-refractivity contribution < 1.29 is 0 Å². The van der Waals surface area contributed by atoms with Gasteiger partial charge < -0.3 is 29.9 Å². The van der Waals surface area contributed by atoms with Crippen molar-refractivity contribution in [3.63, 3.8) is 0 Å². The van der Waals surface area contributed by atoms with Gasteiger partial charge in [-0.1, -0.05) is 328 Å². The molecule has 0 bridgehead atoms. The number of aromatic nitrogens is 6. The molecule has 0 aliphatic heterocycles. The summed E-state index contributed by atoms with van der Waals surface area (Å²) in [4.78, 5) is 22.2. The van der Waals surface area contributed by atoms with Crippen molar-refractivity contribution in [2.24, 2.45) is 0 Å². The second-order valence-corrected chi connectivity index (χ2v) is 39.2. The van der Waals surface area contributed by atoms with Crippen molar-refractivity contribution in [3.8, 4) is 134 Å².